The number of hydrogen-bond acceptors (Lipinski definition) is 2. The van der Waals surface area contributed by atoms with Crippen molar-refractivity contribution in [2.24, 2.45) is 0 Å². The molecule has 0 N–H and O–H groups in total. The van der Waals surface area contributed by atoms with E-state index in [1.807, 2.05) is 72.8 Å². The summed E-state index contributed by atoms with van der Waals surface area (Å²) in [5.41, 5.74) is 4.97. The van der Waals surface area contributed by atoms with E-state index in [9.17, 15) is 4.39 Å². The molecule has 0 saturated carbocycles. The fraction of sp³-hybridized carbons (Fsp3) is 0. The Morgan fingerprint density at radius 1 is 0.656 bits per heavy atom. The van der Waals surface area contributed by atoms with E-state index in [1.165, 1.54) is 12.1 Å². The van der Waals surface area contributed by atoms with Crippen molar-refractivity contribution in [1.82, 2.24) is 9.97 Å². The van der Waals surface area contributed by atoms with Crippen LogP contribution in [-0.4, -0.2) is 9.97 Å². The van der Waals surface area contributed by atoms with Gasteiger partial charge >= 0.3 is 0 Å². The zero-order valence-electron chi connectivity index (χ0n) is 16.9. The summed E-state index contributed by atoms with van der Waals surface area (Å²) < 4.78 is 13.6. The second-order valence-corrected chi connectivity index (χ2v) is 7.69. The molecule has 0 unspecified atom stereocenters. The van der Waals surface area contributed by atoms with E-state index in [0.717, 1.165) is 38.9 Å². The van der Waals surface area contributed by atoms with Gasteiger partial charge in [-0.15, -0.1) is 0 Å². The molecule has 4 heteroatoms. The molecule has 0 aliphatic heterocycles. The first-order valence-electron chi connectivity index (χ1n) is 10.1. The molecule has 32 heavy (non-hydrogen) atoms. The van der Waals surface area contributed by atoms with E-state index in [1.54, 1.807) is 12.1 Å². The molecule has 152 valence electrons. The van der Waals surface area contributed by atoms with Gasteiger partial charge in [0.1, 0.15) is 5.82 Å². The molecular weight excluding hydrogens is 419 g/mol. The Hall–Kier alpha value is -4.00. The lowest BCUT2D eigenvalue weighted by Crippen LogP contribution is -1.96. The van der Waals surface area contributed by atoms with Gasteiger partial charge in [-0.1, -0.05) is 41.6 Å². The summed E-state index contributed by atoms with van der Waals surface area (Å²) in [6, 6.07) is 29.4. The van der Waals surface area contributed by atoms with Crippen LogP contribution in [0.4, 0.5) is 4.39 Å². The molecule has 0 atom stereocenters. The highest BCUT2D eigenvalue weighted by Gasteiger charge is 2.12. The number of fused-ring (bicyclic) bond motifs is 1. The molecular formula is C28H16ClFN2. The maximum atomic E-state index is 13.6. The fourth-order valence-corrected chi connectivity index (χ4v) is 3.55. The van der Waals surface area contributed by atoms with Crippen LogP contribution >= 0.6 is 11.6 Å². The lowest BCUT2D eigenvalue weighted by atomic mass is 10.0. The van der Waals surface area contributed by atoms with Gasteiger partial charge in [0.15, 0.2) is 5.82 Å². The topological polar surface area (TPSA) is 25.8 Å². The molecule has 0 fully saturated rings. The molecule has 5 aromatic rings. The number of rotatable bonds is 2. The first kappa shape index (κ1) is 19.9. The van der Waals surface area contributed by atoms with Crippen LogP contribution in [0.5, 0.6) is 0 Å². The summed E-state index contributed by atoms with van der Waals surface area (Å²) in [6.45, 7) is 0. The Kier molecular flexibility index (Phi) is 5.37. The highest BCUT2D eigenvalue weighted by molar-refractivity contribution is 6.30. The van der Waals surface area contributed by atoms with Crippen molar-refractivity contribution in [2.45, 2.75) is 0 Å². The minimum Gasteiger partial charge on any atom is -0.228 e. The summed E-state index contributed by atoms with van der Waals surface area (Å²) in [5, 5.41) is 1.50. The van der Waals surface area contributed by atoms with Crippen LogP contribution in [0.15, 0.2) is 97.1 Å². The molecule has 5 rings (SSSR count). The second-order valence-electron chi connectivity index (χ2n) is 7.26. The number of benzene rings is 4. The Morgan fingerprint density at radius 3 is 2.09 bits per heavy atom. The SMILES string of the molecule is Fc1ccc(-c2nc(-c3ccc(Cl)cc3)nc3ccc(C#Cc4ccccc4)cc23)cc1. The van der Waals surface area contributed by atoms with Crippen LogP contribution < -0.4 is 0 Å². The summed E-state index contributed by atoms with van der Waals surface area (Å²) in [5.74, 6) is 6.68. The number of hydrogen-bond donors (Lipinski definition) is 0. The smallest absolute Gasteiger partial charge is 0.160 e. The van der Waals surface area contributed by atoms with Crippen LogP contribution in [0.3, 0.4) is 0 Å². The fourth-order valence-electron chi connectivity index (χ4n) is 3.43. The molecule has 1 heterocycles. The molecule has 2 nitrogen and oxygen atoms in total. The van der Waals surface area contributed by atoms with Crippen LogP contribution in [0, 0.1) is 17.7 Å². The number of halogens is 2. The molecule has 0 aliphatic rings. The van der Waals surface area contributed by atoms with Gasteiger partial charge < -0.3 is 0 Å². The van der Waals surface area contributed by atoms with Gasteiger partial charge in [0, 0.05) is 32.7 Å². The third-order valence-electron chi connectivity index (χ3n) is 5.04. The van der Waals surface area contributed by atoms with Crippen LogP contribution in [-0.2, 0) is 0 Å². The monoisotopic (exact) mass is 434 g/mol. The minimum atomic E-state index is -0.292. The first-order valence-corrected chi connectivity index (χ1v) is 10.4. The molecule has 4 aromatic carbocycles. The van der Waals surface area contributed by atoms with E-state index in [0.29, 0.717) is 10.8 Å². The molecule has 1 aromatic heterocycles. The summed E-state index contributed by atoms with van der Waals surface area (Å²) in [4.78, 5) is 9.60. The Balaban J connectivity index is 1.68. The standard InChI is InChI=1S/C28H16ClFN2/c29-23-13-9-22(10-14-23)28-31-26-17-8-20(7-6-19-4-2-1-3-5-19)18-25(26)27(32-28)21-11-15-24(30)16-12-21/h1-5,8-18H. The zero-order chi connectivity index (χ0) is 21.9. The lowest BCUT2D eigenvalue weighted by Gasteiger charge is -2.10. The Morgan fingerprint density at radius 2 is 1.34 bits per heavy atom. The molecule has 0 saturated heterocycles. The van der Waals surface area contributed by atoms with Crippen LogP contribution in [0.25, 0.3) is 33.5 Å². The molecule has 0 bridgehead atoms. The van der Waals surface area contributed by atoms with Crippen molar-refractivity contribution in [1.29, 1.82) is 0 Å². The van der Waals surface area contributed by atoms with E-state index in [-0.39, 0.29) is 5.82 Å². The molecule has 0 spiro atoms. The Labute approximate surface area is 190 Å². The van der Waals surface area contributed by atoms with Crippen molar-refractivity contribution < 1.29 is 4.39 Å². The van der Waals surface area contributed by atoms with Gasteiger partial charge in [-0.25, -0.2) is 14.4 Å². The molecule has 0 aliphatic carbocycles. The molecule has 0 radical (unpaired) electrons. The first-order chi connectivity index (χ1) is 15.7. The van der Waals surface area contributed by atoms with E-state index < -0.39 is 0 Å². The maximum absolute atomic E-state index is 13.6. The lowest BCUT2D eigenvalue weighted by molar-refractivity contribution is 0.628. The van der Waals surface area contributed by atoms with Gasteiger partial charge in [-0.2, -0.15) is 0 Å². The second kappa shape index (κ2) is 8.63. The highest BCUT2D eigenvalue weighted by atomic mass is 35.5. The zero-order valence-corrected chi connectivity index (χ0v) is 17.6. The van der Waals surface area contributed by atoms with Crippen molar-refractivity contribution in [3.8, 4) is 34.5 Å². The van der Waals surface area contributed by atoms with Crippen molar-refractivity contribution >= 4 is 22.5 Å². The predicted molar refractivity (Wildman–Crippen MR) is 128 cm³/mol. The number of aromatic nitrogens is 2. The predicted octanol–water partition coefficient (Wildman–Crippen LogP) is 7.16. The van der Waals surface area contributed by atoms with Crippen LogP contribution in [0.1, 0.15) is 11.1 Å². The van der Waals surface area contributed by atoms with Crippen molar-refractivity contribution in [2.75, 3.05) is 0 Å². The summed E-state index contributed by atoms with van der Waals surface area (Å²) in [6.07, 6.45) is 0. The average molecular weight is 435 g/mol. The minimum absolute atomic E-state index is 0.292. The third-order valence-corrected chi connectivity index (χ3v) is 5.29. The van der Waals surface area contributed by atoms with E-state index >= 15 is 0 Å². The summed E-state index contributed by atoms with van der Waals surface area (Å²) >= 11 is 6.04. The van der Waals surface area contributed by atoms with Gasteiger partial charge in [0.05, 0.1) is 11.2 Å². The van der Waals surface area contributed by atoms with Crippen molar-refractivity contribution in [3.05, 3.63) is 119 Å². The maximum Gasteiger partial charge on any atom is 0.160 e. The quantitative estimate of drug-likeness (QED) is 0.275. The normalized spacial score (nSPS) is 10.6. The summed E-state index contributed by atoms with van der Waals surface area (Å²) in [7, 11) is 0. The Bertz CT molecular complexity index is 1470. The third kappa shape index (κ3) is 4.23. The van der Waals surface area contributed by atoms with Gasteiger partial charge in [0.25, 0.3) is 0 Å². The largest absolute Gasteiger partial charge is 0.228 e. The van der Waals surface area contributed by atoms with Gasteiger partial charge in [-0.05, 0) is 78.9 Å². The molecule has 0 amide bonds. The number of nitrogens with zero attached hydrogens (tertiary/aromatic N) is 2. The van der Waals surface area contributed by atoms with Crippen LogP contribution in [0.2, 0.25) is 5.02 Å². The van der Waals surface area contributed by atoms with Gasteiger partial charge in [-0.3, -0.25) is 0 Å². The van der Waals surface area contributed by atoms with E-state index in [4.69, 9.17) is 21.6 Å². The highest BCUT2D eigenvalue weighted by Crippen LogP contribution is 2.30. The van der Waals surface area contributed by atoms with E-state index in [2.05, 4.69) is 11.8 Å². The van der Waals surface area contributed by atoms with Crippen molar-refractivity contribution in [3.63, 3.8) is 0 Å². The van der Waals surface area contributed by atoms with Gasteiger partial charge in [0.2, 0.25) is 0 Å². The average Bonchev–Trinajstić information content (AvgIpc) is 2.84.